The fraction of sp³-hybridized carbons (Fsp3) is 0.214. The van der Waals surface area contributed by atoms with E-state index in [9.17, 15) is 17.6 Å². The molecular weight excluding hydrogens is 369 g/mol. The Morgan fingerprint density at radius 2 is 2.24 bits per heavy atom. The van der Waals surface area contributed by atoms with Crippen molar-refractivity contribution in [2.24, 2.45) is 4.99 Å². The highest BCUT2D eigenvalue weighted by Gasteiger charge is 2.18. The van der Waals surface area contributed by atoms with Crippen molar-refractivity contribution in [3.63, 3.8) is 0 Å². The smallest absolute Gasteiger partial charge is 0.262 e. The zero-order valence-electron chi connectivity index (χ0n) is 12.8. The number of benzene rings is 1. The number of nitrogens with zero attached hydrogens (tertiary/aromatic N) is 2. The standard InChI is InChI=1S/C14H14FN5O3S2/c15-10-5-9(25(22,23)20-14-7-16-8-24-14)1-2-11(10)19-13(21)6-12-17-3-4-18-12/h1-2,5,7-8,20H,3-4,6H2,(H,17,18)(H,19,21). The third kappa shape index (κ3) is 4.31. The number of halogens is 1. The van der Waals surface area contributed by atoms with Crippen LogP contribution in [0.5, 0.6) is 0 Å². The number of rotatable bonds is 6. The van der Waals surface area contributed by atoms with Crippen molar-refractivity contribution in [2.45, 2.75) is 11.3 Å². The third-order valence-corrected chi connectivity index (χ3v) is 5.44. The second kappa shape index (κ2) is 7.15. The number of thiazole rings is 1. The lowest BCUT2D eigenvalue weighted by Crippen LogP contribution is -2.25. The maximum absolute atomic E-state index is 14.2. The van der Waals surface area contributed by atoms with Crippen LogP contribution in [-0.2, 0) is 14.8 Å². The van der Waals surface area contributed by atoms with Crippen LogP contribution in [0.1, 0.15) is 6.42 Å². The Morgan fingerprint density at radius 3 is 2.88 bits per heavy atom. The molecule has 2 aromatic rings. The van der Waals surface area contributed by atoms with Crippen molar-refractivity contribution in [3.8, 4) is 0 Å². The second-order valence-corrected chi connectivity index (χ2v) is 7.66. The molecule has 3 rings (SSSR count). The molecular formula is C14H14FN5O3S2. The fourth-order valence-electron chi connectivity index (χ4n) is 2.13. The first-order valence-corrected chi connectivity index (χ1v) is 9.58. The van der Waals surface area contributed by atoms with Crippen LogP contribution in [-0.4, -0.2) is 38.2 Å². The van der Waals surface area contributed by atoms with E-state index in [0.29, 0.717) is 23.9 Å². The zero-order chi connectivity index (χ0) is 17.9. The summed E-state index contributed by atoms with van der Waals surface area (Å²) in [5.74, 6) is -0.738. The summed E-state index contributed by atoms with van der Waals surface area (Å²) in [6, 6.07) is 3.27. The Balaban J connectivity index is 1.70. The Labute approximate surface area is 147 Å². The Bertz CT molecular complexity index is 913. The number of carbonyl (C=O) groups excluding carboxylic acids is 1. The fourth-order valence-corrected chi connectivity index (χ4v) is 3.95. The van der Waals surface area contributed by atoms with Crippen LogP contribution in [0, 0.1) is 5.82 Å². The number of hydrogen-bond donors (Lipinski definition) is 3. The van der Waals surface area contributed by atoms with Gasteiger partial charge >= 0.3 is 0 Å². The number of carbonyl (C=O) groups is 1. The molecule has 1 aliphatic heterocycles. The molecule has 8 nitrogen and oxygen atoms in total. The highest BCUT2D eigenvalue weighted by atomic mass is 32.2. The Morgan fingerprint density at radius 1 is 1.40 bits per heavy atom. The number of amides is 1. The van der Waals surface area contributed by atoms with Gasteiger partial charge in [-0.15, -0.1) is 11.3 Å². The lowest BCUT2D eigenvalue weighted by atomic mass is 10.3. The van der Waals surface area contributed by atoms with E-state index in [0.717, 1.165) is 17.4 Å². The van der Waals surface area contributed by atoms with Crippen LogP contribution < -0.4 is 15.4 Å². The maximum Gasteiger partial charge on any atom is 0.262 e. The minimum Gasteiger partial charge on any atom is -0.372 e. The number of anilines is 2. The van der Waals surface area contributed by atoms with Gasteiger partial charge in [-0.2, -0.15) is 0 Å². The molecule has 11 heteroatoms. The monoisotopic (exact) mass is 383 g/mol. The summed E-state index contributed by atoms with van der Waals surface area (Å²) < 4.78 is 40.9. The summed E-state index contributed by atoms with van der Waals surface area (Å²) in [6.45, 7) is 1.28. The van der Waals surface area contributed by atoms with Crippen molar-refractivity contribution < 1.29 is 17.6 Å². The molecule has 1 aromatic carbocycles. The van der Waals surface area contributed by atoms with Crippen LogP contribution in [0.4, 0.5) is 15.1 Å². The van der Waals surface area contributed by atoms with E-state index in [1.807, 2.05) is 0 Å². The van der Waals surface area contributed by atoms with Gasteiger partial charge in [0.05, 0.1) is 35.3 Å². The molecule has 0 radical (unpaired) electrons. The largest absolute Gasteiger partial charge is 0.372 e. The molecule has 0 unspecified atom stereocenters. The quantitative estimate of drug-likeness (QED) is 0.698. The molecule has 0 bridgehead atoms. The van der Waals surface area contributed by atoms with Crippen molar-refractivity contribution in [2.75, 3.05) is 23.1 Å². The van der Waals surface area contributed by atoms with Gasteiger partial charge in [0, 0.05) is 6.54 Å². The predicted molar refractivity (Wildman–Crippen MR) is 92.9 cm³/mol. The average molecular weight is 383 g/mol. The normalized spacial score (nSPS) is 13.9. The summed E-state index contributed by atoms with van der Waals surface area (Å²) in [7, 11) is -3.93. The highest BCUT2D eigenvalue weighted by molar-refractivity contribution is 7.93. The van der Waals surface area contributed by atoms with Crippen molar-refractivity contribution >= 4 is 43.8 Å². The molecule has 0 saturated heterocycles. The summed E-state index contributed by atoms with van der Waals surface area (Å²) in [4.78, 5) is 19.5. The van der Waals surface area contributed by atoms with Gasteiger partial charge in [-0.3, -0.25) is 19.5 Å². The first kappa shape index (κ1) is 17.3. The summed E-state index contributed by atoms with van der Waals surface area (Å²) in [6.07, 6.45) is 1.36. The molecule has 0 aliphatic carbocycles. The maximum atomic E-state index is 14.2. The van der Waals surface area contributed by atoms with Gasteiger partial charge in [0.15, 0.2) is 0 Å². The van der Waals surface area contributed by atoms with Gasteiger partial charge in [0.1, 0.15) is 16.7 Å². The van der Waals surface area contributed by atoms with Gasteiger partial charge in [-0.1, -0.05) is 0 Å². The third-order valence-electron chi connectivity index (χ3n) is 3.26. The van der Waals surface area contributed by atoms with Crippen LogP contribution in [0.3, 0.4) is 0 Å². The number of sulfonamides is 1. The van der Waals surface area contributed by atoms with E-state index in [1.165, 1.54) is 23.8 Å². The highest BCUT2D eigenvalue weighted by Crippen LogP contribution is 2.23. The second-order valence-electron chi connectivity index (χ2n) is 5.09. The number of hydrogen-bond acceptors (Lipinski definition) is 7. The summed E-state index contributed by atoms with van der Waals surface area (Å²) in [5.41, 5.74) is 1.38. The molecule has 1 amide bonds. The number of amidine groups is 1. The average Bonchev–Trinajstić information content (AvgIpc) is 3.22. The molecule has 0 spiro atoms. The molecule has 1 aromatic heterocycles. The first-order valence-electron chi connectivity index (χ1n) is 7.22. The first-order chi connectivity index (χ1) is 11.9. The number of aromatic nitrogens is 1. The zero-order valence-corrected chi connectivity index (χ0v) is 14.5. The molecule has 25 heavy (non-hydrogen) atoms. The Kier molecular flexibility index (Phi) is 4.95. The summed E-state index contributed by atoms with van der Waals surface area (Å²) >= 11 is 1.11. The van der Waals surface area contributed by atoms with Gasteiger partial charge < -0.3 is 10.6 Å². The van der Waals surface area contributed by atoms with Crippen molar-refractivity contribution in [3.05, 3.63) is 35.7 Å². The molecule has 0 atom stereocenters. The van der Waals surface area contributed by atoms with Crippen LogP contribution >= 0.6 is 11.3 Å². The van der Waals surface area contributed by atoms with E-state index in [4.69, 9.17) is 0 Å². The van der Waals surface area contributed by atoms with Crippen molar-refractivity contribution in [1.82, 2.24) is 10.3 Å². The van der Waals surface area contributed by atoms with Gasteiger partial charge in [-0.25, -0.2) is 12.8 Å². The lowest BCUT2D eigenvalue weighted by Gasteiger charge is -2.09. The molecule has 132 valence electrons. The van der Waals surface area contributed by atoms with Crippen molar-refractivity contribution in [1.29, 1.82) is 0 Å². The van der Waals surface area contributed by atoms with Crippen LogP contribution in [0.15, 0.2) is 39.8 Å². The summed E-state index contributed by atoms with van der Waals surface area (Å²) in [5, 5.41) is 5.67. The lowest BCUT2D eigenvalue weighted by molar-refractivity contribution is -0.115. The molecule has 2 heterocycles. The minimum atomic E-state index is -3.93. The SMILES string of the molecule is O=C(CC1=NCCN1)Nc1ccc(S(=O)(=O)Nc2cncs2)cc1F. The van der Waals surface area contributed by atoms with E-state index in [1.54, 1.807) is 0 Å². The van der Waals surface area contributed by atoms with Crippen LogP contribution in [0.25, 0.3) is 0 Å². The van der Waals surface area contributed by atoms with Gasteiger partial charge in [-0.05, 0) is 18.2 Å². The van der Waals surface area contributed by atoms with Gasteiger partial charge in [0.2, 0.25) is 5.91 Å². The predicted octanol–water partition coefficient (Wildman–Crippen LogP) is 1.41. The van der Waals surface area contributed by atoms with E-state index in [-0.39, 0.29) is 17.0 Å². The van der Waals surface area contributed by atoms with Crippen LogP contribution in [0.2, 0.25) is 0 Å². The Hall–Kier alpha value is -2.53. The van der Waals surface area contributed by atoms with E-state index in [2.05, 4.69) is 25.3 Å². The van der Waals surface area contributed by atoms with E-state index >= 15 is 0 Å². The molecule has 0 saturated carbocycles. The molecule has 3 N–H and O–H groups in total. The topological polar surface area (TPSA) is 113 Å². The minimum absolute atomic E-state index is 0.00637. The molecule has 1 aliphatic rings. The van der Waals surface area contributed by atoms with Gasteiger partial charge in [0.25, 0.3) is 10.0 Å². The molecule has 0 fully saturated rings. The number of nitrogens with one attached hydrogen (secondary N) is 3. The number of aliphatic imine (C=N–C) groups is 1. The van der Waals surface area contributed by atoms with E-state index < -0.39 is 21.7 Å².